The molecule has 0 amide bonds. The molecular formula is C19H27F3N2O4. The Balaban J connectivity index is 2.22. The molecule has 0 unspecified atom stereocenters. The van der Waals surface area contributed by atoms with Crippen LogP contribution in [0, 0.1) is 11.8 Å². The molecule has 1 aromatic rings. The van der Waals surface area contributed by atoms with Gasteiger partial charge in [0.05, 0.1) is 31.4 Å². The number of unbranched alkanes of at least 4 members (excludes halogenated alkanes) is 1. The first kappa shape index (κ1) is 22.2. The van der Waals surface area contributed by atoms with Gasteiger partial charge in [-0.25, -0.2) is 4.79 Å². The van der Waals surface area contributed by atoms with Crippen LogP contribution >= 0.6 is 0 Å². The van der Waals surface area contributed by atoms with Crippen LogP contribution in [0.2, 0.25) is 0 Å². The zero-order valence-electron chi connectivity index (χ0n) is 16.4. The summed E-state index contributed by atoms with van der Waals surface area (Å²) in [6.45, 7) is 5.77. The summed E-state index contributed by atoms with van der Waals surface area (Å²) in [5, 5.41) is 3.88. The number of nitrogens with zero attached hydrogens (tertiary/aromatic N) is 2. The summed E-state index contributed by atoms with van der Waals surface area (Å²) in [4.78, 5) is 24.1. The number of rotatable bonds is 7. The molecule has 0 aromatic carbocycles. The van der Waals surface area contributed by atoms with Gasteiger partial charge in [-0.15, -0.1) is 0 Å². The van der Waals surface area contributed by atoms with Gasteiger partial charge in [-0.2, -0.15) is 18.3 Å². The molecule has 28 heavy (non-hydrogen) atoms. The predicted molar refractivity (Wildman–Crippen MR) is 94.6 cm³/mol. The summed E-state index contributed by atoms with van der Waals surface area (Å²) in [6, 6.07) is -0.547. The minimum absolute atomic E-state index is 0.0689. The second kappa shape index (κ2) is 9.43. The van der Waals surface area contributed by atoms with Crippen LogP contribution in [0.4, 0.5) is 13.2 Å². The van der Waals surface area contributed by atoms with Gasteiger partial charge in [0.15, 0.2) is 5.69 Å². The van der Waals surface area contributed by atoms with Crippen molar-refractivity contribution in [3.05, 3.63) is 17.5 Å². The number of carbonyl (C=O) groups is 2. The lowest BCUT2D eigenvalue weighted by atomic mass is 9.78. The highest BCUT2D eigenvalue weighted by Gasteiger charge is 2.43. The largest absolute Gasteiger partial charge is 0.466 e. The summed E-state index contributed by atoms with van der Waals surface area (Å²) in [6.07, 6.45) is -1.35. The lowest BCUT2D eigenvalue weighted by Crippen LogP contribution is -2.33. The number of ether oxygens (including phenoxy) is 2. The van der Waals surface area contributed by atoms with E-state index in [2.05, 4.69) is 5.10 Å². The van der Waals surface area contributed by atoms with E-state index in [0.717, 1.165) is 17.3 Å². The fraction of sp³-hybridized carbons (Fsp3) is 0.737. The SMILES string of the molecule is CCCCOC(=O)c1cnn([C@H]2CC[C@@H](C(=O)OCC)[C@H](C)C2)c1C(F)(F)F. The van der Waals surface area contributed by atoms with E-state index in [-0.39, 0.29) is 31.0 Å². The molecule has 2 rings (SSSR count). The zero-order chi connectivity index (χ0) is 20.9. The topological polar surface area (TPSA) is 70.4 Å². The molecule has 9 heteroatoms. The van der Waals surface area contributed by atoms with Crippen molar-refractivity contribution in [1.82, 2.24) is 9.78 Å². The van der Waals surface area contributed by atoms with Crippen LogP contribution < -0.4 is 0 Å². The minimum atomic E-state index is -4.74. The Morgan fingerprint density at radius 3 is 2.54 bits per heavy atom. The second-order valence-electron chi connectivity index (χ2n) is 7.14. The third-order valence-corrected chi connectivity index (χ3v) is 5.09. The van der Waals surface area contributed by atoms with E-state index in [9.17, 15) is 22.8 Å². The third-order valence-electron chi connectivity index (χ3n) is 5.09. The van der Waals surface area contributed by atoms with Gasteiger partial charge >= 0.3 is 18.1 Å². The highest BCUT2D eigenvalue weighted by molar-refractivity contribution is 5.90. The fourth-order valence-corrected chi connectivity index (χ4v) is 3.65. The Kier molecular flexibility index (Phi) is 7.48. The molecule has 0 radical (unpaired) electrons. The van der Waals surface area contributed by atoms with E-state index in [1.165, 1.54) is 0 Å². The smallest absolute Gasteiger partial charge is 0.433 e. The Bertz CT molecular complexity index is 687. The summed E-state index contributed by atoms with van der Waals surface area (Å²) in [5.74, 6) is -1.81. The lowest BCUT2D eigenvalue weighted by Gasteiger charge is -2.33. The van der Waals surface area contributed by atoms with Crippen LogP contribution in [0.15, 0.2) is 6.20 Å². The first-order valence-corrected chi connectivity index (χ1v) is 9.69. The van der Waals surface area contributed by atoms with Crippen molar-refractivity contribution in [3.8, 4) is 0 Å². The molecule has 3 atom stereocenters. The van der Waals surface area contributed by atoms with Crippen LogP contribution in [0.25, 0.3) is 0 Å². The summed E-state index contributed by atoms with van der Waals surface area (Å²) in [5.41, 5.74) is -1.65. The molecule has 1 aliphatic rings. The molecule has 1 saturated carbocycles. The zero-order valence-corrected chi connectivity index (χ0v) is 16.4. The van der Waals surface area contributed by atoms with Crippen molar-refractivity contribution < 1.29 is 32.2 Å². The normalized spacial score (nSPS) is 22.7. The van der Waals surface area contributed by atoms with E-state index in [4.69, 9.17) is 9.47 Å². The monoisotopic (exact) mass is 404 g/mol. The van der Waals surface area contributed by atoms with Crippen molar-refractivity contribution in [2.24, 2.45) is 11.8 Å². The standard InChI is InChI=1S/C19H27F3N2O4/c1-4-6-9-28-18(26)15-11-23-24(16(15)19(20,21)22)13-7-8-14(12(3)10-13)17(25)27-5-2/h11-14H,4-10H2,1-3H3/t12-,13+,14-/m1/s1. The number of halogens is 3. The minimum Gasteiger partial charge on any atom is -0.466 e. The lowest BCUT2D eigenvalue weighted by molar-refractivity contribution is -0.153. The maximum atomic E-state index is 13.7. The quantitative estimate of drug-likeness (QED) is 0.498. The molecule has 0 spiro atoms. The van der Waals surface area contributed by atoms with Gasteiger partial charge < -0.3 is 9.47 Å². The van der Waals surface area contributed by atoms with Gasteiger partial charge in [0.1, 0.15) is 5.56 Å². The van der Waals surface area contributed by atoms with Crippen molar-refractivity contribution in [1.29, 1.82) is 0 Å². The van der Waals surface area contributed by atoms with Crippen LogP contribution in [0.3, 0.4) is 0 Å². The molecule has 1 aliphatic carbocycles. The first-order chi connectivity index (χ1) is 13.2. The van der Waals surface area contributed by atoms with Crippen LogP contribution in [-0.4, -0.2) is 34.9 Å². The first-order valence-electron chi connectivity index (χ1n) is 9.69. The molecule has 6 nitrogen and oxygen atoms in total. The molecule has 1 heterocycles. The number of aromatic nitrogens is 2. The Morgan fingerprint density at radius 1 is 1.25 bits per heavy atom. The van der Waals surface area contributed by atoms with Crippen LogP contribution in [0.5, 0.6) is 0 Å². The summed E-state index contributed by atoms with van der Waals surface area (Å²) in [7, 11) is 0. The van der Waals surface area contributed by atoms with E-state index >= 15 is 0 Å². The Morgan fingerprint density at radius 2 is 1.96 bits per heavy atom. The van der Waals surface area contributed by atoms with Gasteiger partial charge in [0.2, 0.25) is 0 Å². The maximum Gasteiger partial charge on any atom is 0.433 e. The molecule has 0 aliphatic heterocycles. The van der Waals surface area contributed by atoms with Gasteiger partial charge in [-0.1, -0.05) is 20.3 Å². The molecule has 0 N–H and O–H groups in total. The van der Waals surface area contributed by atoms with Crippen LogP contribution in [-0.2, 0) is 20.4 Å². The number of carbonyl (C=O) groups excluding carboxylic acids is 2. The number of alkyl halides is 3. The molecule has 158 valence electrons. The Labute approximate surface area is 162 Å². The second-order valence-corrected chi connectivity index (χ2v) is 7.14. The molecular weight excluding hydrogens is 377 g/mol. The van der Waals surface area contributed by atoms with Gasteiger partial charge in [0, 0.05) is 0 Å². The summed E-state index contributed by atoms with van der Waals surface area (Å²) < 4.78 is 52.0. The highest BCUT2D eigenvalue weighted by Crippen LogP contribution is 2.41. The van der Waals surface area contributed by atoms with Gasteiger partial charge in [0.25, 0.3) is 0 Å². The van der Waals surface area contributed by atoms with Gasteiger partial charge in [-0.3, -0.25) is 9.48 Å². The molecule has 1 fully saturated rings. The van der Waals surface area contributed by atoms with E-state index in [1.54, 1.807) is 6.92 Å². The van der Waals surface area contributed by atoms with E-state index in [1.807, 2.05) is 13.8 Å². The van der Waals surface area contributed by atoms with Gasteiger partial charge in [-0.05, 0) is 38.5 Å². The molecule has 1 aromatic heterocycles. The third kappa shape index (κ3) is 5.05. The average molecular weight is 404 g/mol. The highest BCUT2D eigenvalue weighted by atomic mass is 19.4. The average Bonchev–Trinajstić information content (AvgIpc) is 3.07. The number of hydrogen-bond acceptors (Lipinski definition) is 5. The summed E-state index contributed by atoms with van der Waals surface area (Å²) >= 11 is 0. The van der Waals surface area contributed by atoms with Crippen molar-refractivity contribution in [2.45, 2.75) is 65.1 Å². The number of hydrogen-bond donors (Lipinski definition) is 0. The maximum absolute atomic E-state index is 13.7. The van der Waals surface area contributed by atoms with Crippen molar-refractivity contribution in [2.75, 3.05) is 13.2 Å². The van der Waals surface area contributed by atoms with E-state index < -0.39 is 29.4 Å². The fourth-order valence-electron chi connectivity index (χ4n) is 3.65. The predicted octanol–water partition coefficient (Wildman–Crippen LogP) is 4.40. The van der Waals surface area contributed by atoms with E-state index in [0.29, 0.717) is 25.7 Å². The number of esters is 2. The molecule has 0 saturated heterocycles. The van der Waals surface area contributed by atoms with Crippen LogP contribution in [0.1, 0.15) is 75.0 Å². The van der Waals surface area contributed by atoms with Crippen molar-refractivity contribution >= 4 is 11.9 Å². The van der Waals surface area contributed by atoms with Crippen molar-refractivity contribution in [3.63, 3.8) is 0 Å². The Hall–Kier alpha value is -2.06. The molecule has 0 bridgehead atoms.